The molecule has 0 aromatic heterocycles. The molecule has 4 nitrogen and oxygen atoms in total. The first-order valence-electron chi connectivity index (χ1n) is 4.64. The number of carbonyl (C=O) groups excluding carboxylic acids is 2. The Hall–Kier alpha value is 1.24. The summed E-state index contributed by atoms with van der Waals surface area (Å²) in [5, 5.41) is 10.5. The van der Waals surface area contributed by atoms with Crippen LogP contribution in [0.5, 0.6) is 0 Å². The molecule has 8 heteroatoms. The highest BCUT2D eigenvalue weighted by molar-refractivity contribution is 14.3. The lowest BCUT2D eigenvalue weighted by molar-refractivity contribution is 0.0137. The molecule has 0 fully saturated rings. The third-order valence-corrected chi connectivity index (χ3v) is 9.10. The van der Waals surface area contributed by atoms with Gasteiger partial charge in [-0.3, -0.25) is 9.59 Å². The van der Waals surface area contributed by atoms with E-state index in [9.17, 15) is 14.7 Å². The smallest absolute Gasteiger partial charge is 0.264 e. The van der Waals surface area contributed by atoms with Crippen LogP contribution in [0, 0.1) is 0 Å². The van der Waals surface area contributed by atoms with Gasteiger partial charge >= 0.3 is 0 Å². The second-order valence-corrected chi connectivity index (χ2v) is 16.1. The summed E-state index contributed by atoms with van der Waals surface area (Å²) >= 11 is 7.72. The van der Waals surface area contributed by atoms with Crippen LogP contribution in [0.1, 0.15) is 20.7 Å². The number of hydrogen-bond donors (Lipinski definition) is 1. The van der Waals surface area contributed by atoms with Crippen LogP contribution < -0.4 is 0 Å². The molecule has 1 heterocycles. The maximum absolute atomic E-state index is 12.2. The lowest BCUT2D eigenvalue weighted by Gasteiger charge is -2.36. The van der Waals surface area contributed by atoms with Gasteiger partial charge in [-0.2, -0.15) is 0 Å². The second-order valence-electron chi connectivity index (χ2n) is 3.58. The van der Waals surface area contributed by atoms with E-state index < -0.39 is 15.0 Å². The standard InChI is InChI=1S/C10H5I4NO3/c11-9(12,13)10(14,18)15-7(16)5-3-1-2-4-6(5)8(15)17/h1-4,18H. The lowest BCUT2D eigenvalue weighted by Crippen LogP contribution is -2.54. The van der Waals surface area contributed by atoms with E-state index in [0.29, 0.717) is 11.1 Å². The third-order valence-electron chi connectivity index (χ3n) is 2.45. The predicted octanol–water partition coefficient (Wildman–Crippen LogP) is 3.32. The Morgan fingerprint density at radius 3 is 1.67 bits per heavy atom. The van der Waals surface area contributed by atoms with E-state index in [1.807, 2.05) is 67.8 Å². The van der Waals surface area contributed by atoms with Gasteiger partial charge in [0, 0.05) is 0 Å². The fourth-order valence-corrected chi connectivity index (χ4v) is 2.75. The summed E-state index contributed by atoms with van der Waals surface area (Å²) in [5.74, 6) is -0.913. The first-order valence-corrected chi connectivity index (χ1v) is 8.95. The molecule has 1 N–H and O–H groups in total. The van der Waals surface area contributed by atoms with Crippen molar-refractivity contribution in [2.24, 2.45) is 0 Å². The molecule has 1 aliphatic heterocycles. The maximum Gasteiger partial charge on any atom is 0.264 e. The van der Waals surface area contributed by atoms with Crippen LogP contribution in [-0.2, 0) is 0 Å². The van der Waals surface area contributed by atoms with Crippen LogP contribution >= 0.6 is 90.4 Å². The van der Waals surface area contributed by atoms with Crippen LogP contribution in [-0.4, -0.2) is 25.0 Å². The van der Waals surface area contributed by atoms with Gasteiger partial charge in [0.15, 0.2) is -0.565 Å². The van der Waals surface area contributed by atoms with Gasteiger partial charge in [0.25, 0.3) is 11.8 Å². The van der Waals surface area contributed by atoms with E-state index in [1.54, 1.807) is 46.9 Å². The van der Waals surface area contributed by atoms with Crippen LogP contribution in [0.4, 0.5) is 0 Å². The van der Waals surface area contributed by atoms with Crippen molar-refractivity contribution in [2.45, 2.75) is 3.17 Å². The van der Waals surface area contributed by atoms with Crippen molar-refractivity contribution in [1.82, 2.24) is 4.90 Å². The van der Waals surface area contributed by atoms with Gasteiger partial charge in [-0.05, 0) is 102 Å². The topological polar surface area (TPSA) is 57.6 Å². The summed E-state index contributed by atoms with van der Waals surface area (Å²) in [6.07, 6.45) is 0. The van der Waals surface area contributed by atoms with Crippen molar-refractivity contribution >= 4 is 102 Å². The van der Waals surface area contributed by atoms with Crippen molar-refractivity contribution in [3.63, 3.8) is 0 Å². The van der Waals surface area contributed by atoms with Gasteiger partial charge in [0.05, 0.1) is 11.1 Å². The molecule has 1 aliphatic rings. The largest absolute Gasteiger partial charge is 0.360 e. The molecule has 0 bridgehead atoms. The number of nitrogens with zero attached hydrogens (tertiary/aromatic N) is 1. The molecular weight excluding hydrogens is 690 g/mol. The Kier molecular flexibility index (Phi) is 4.53. The Morgan fingerprint density at radius 1 is 0.944 bits per heavy atom. The van der Waals surface area contributed by atoms with Gasteiger partial charge in [0.2, 0.25) is 3.73 Å². The Morgan fingerprint density at radius 2 is 1.33 bits per heavy atom. The van der Waals surface area contributed by atoms with Gasteiger partial charge in [0.1, 0.15) is 0 Å². The van der Waals surface area contributed by atoms with Gasteiger partial charge in [-0.25, -0.2) is 4.90 Å². The van der Waals surface area contributed by atoms with Crippen molar-refractivity contribution < 1.29 is 14.7 Å². The molecule has 1 atom stereocenters. The van der Waals surface area contributed by atoms with E-state index in [1.165, 1.54) is 0 Å². The zero-order chi connectivity index (χ0) is 13.7. The highest BCUT2D eigenvalue weighted by Crippen LogP contribution is 2.52. The molecule has 18 heavy (non-hydrogen) atoms. The second kappa shape index (κ2) is 5.22. The Balaban J connectivity index is 2.53. The number of rotatable bonds is 2. The molecule has 0 spiro atoms. The SMILES string of the molecule is O=C1c2ccccc2C(=O)N1C(O)(I)C(I)(I)I. The highest BCUT2D eigenvalue weighted by Gasteiger charge is 2.56. The number of carbonyl (C=O) groups is 2. The summed E-state index contributed by atoms with van der Waals surface area (Å²) in [6, 6.07) is 6.59. The molecule has 1 unspecified atom stereocenters. The first-order chi connectivity index (χ1) is 8.18. The fraction of sp³-hybridized carbons (Fsp3) is 0.200. The monoisotopic (exact) mass is 695 g/mol. The number of halogens is 4. The van der Waals surface area contributed by atoms with Crippen molar-refractivity contribution in [2.75, 3.05) is 0 Å². The molecule has 2 rings (SSSR count). The maximum atomic E-state index is 12.2. The first kappa shape index (κ1) is 15.6. The number of hydrogen-bond acceptors (Lipinski definition) is 3. The molecule has 0 saturated carbocycles. The van der Waals surface area contributed by atoms with Crippen LogP contribution in [0.15, 0.2) is 24.3 Å². The fourth-order valence-electron chi connectivity index (χ4n) is 1.59. The highest BCUT2D eigenvalue weighted by atomic mass is 127. The Labute approximate surface area is 158 Å². The Bertz CT molecular complexity index is 503. The number of aliphatic hydroxyl groups is 1. The number of benzene rings is 1. The van der Waals surface area contributed by atoms with Crippen molar-refractivity contribution in [3.05, 3.63) is 35.4 Å². The van der Waals surface area contributed by atoms with E-state index >= 15 is 0 Å². The summed E-state index contributed by atoms with van der Waals surface area (Å²) in [7, 11) is 0. The summed E-state index contributed by atoms with van der Waals surface area (Å²) < 4.78 is -2.33. The van der Waals surface area contributed by atoms with E-state index in [4.69, 9.17) is 0 Å². The number of fused-ring (bicyclic) bond motifs is 1. The van der Waals surface area contributed by atoms with Crippen LogP contribution in [0.2, 0.25) is 0 Å². The molecule has 1 aromatic rings. The summed E-state index contributed by atoms with van der Waals surface area (Å²) in [6.45, 7) is 0. The average molecular weight is 695 g/mol. The quantitative estimate of drug-likeness (QED) is 0.224. The third kappa shape index (κ3) is 2.43. The van der Waals surface area contributed by atoms with Gasteiger partial charge in [-0.1, -0.05) is 12.1 Å². The zero-order valence-electron chi connectivity index (χ0n) is 8.53. The van der Waals surface area contributed by atoms with Crippen LogP contribution in [0.3, 0.4) is 0 Å². The molecule has 96 valence electrons. The van der Waals surface area contributed by atoms with Crippen molar-refractivity contribution in [1.29, 1.82) is 0 Å². The molecule has 0 radical (unpaired) electrons. The number of amides is 2. The molecule has 0 aliphatic carbocycles. The summed E-state index contributed by atoms with van der Waals surface area (Å²) in [5.41, 5.74) is 0.678. The molecule has 1 aromatic carbocycles. The normalized spacial score (nSPS) is 18.8. The van der Waals surface area contributed by atoms with Crippen molar-refractivity contribution in [3.8, 4) is 0 Å². The van der Waals surface area contributed by atoms with Crippen LogP contribution in [0.25, 0.3) is 0 Å². The zero-order valence-corrected chi connectivity index (χ0v) is 17.2. The van der Waals surface area contributed by atoms with Gasteiger partial charge in [-0.15, -0.1) is 0 Å². The number of alkyl halides is 4. The summed E-state index contributed by atoms with van der Waals surface area (Å²) in [4.78, 5) is 25.4. The van der Waals surface area contributed by atoms with Gasteiger partial charge < -0.3 is 5.11 Å². The van der Waals surface area contributed by atoms with E-state index in [-0.39, 0.29) is 0 Å². The van der Waals surface area contributed by atoms with E-state index in [0.717, 1.165) is 4.90 Å². The lowest BCUT2D eigenvalue weighted by atomic mass is 10.1. The molecule has 2 amide bonds. The molecular formula is C10H5I4NO3. The minimum atomic E-state index is -1.60. The predicted molar refractivity (Wildman–Crippen MR) is 101 cm³/mol. The number of imide groups is 1. The average Bonchev–Trinajstić information content (AvgIpc) is 2.51. The van der Waals surface area contributed by atoms with E-state index in [2.05, 4.69) is 0 Å². The minimum absolute atomic E-state index is 0.339. The minimum Gasteiger partial charge on any atom is -0.360 e. The molecule has 0 saturated heterocycles.